The summed E-state index contributed by atoms with van der Waals surface area (Å²) in [6, 6.07) is 4.40. The molecule has 0 bridgehead atoms. The van der Waals surface area contributed by atoms with Crippen LogP contribution in [-0.4, -0.2) is 18.1 Å². The molecule has 2 heteroatoms. The lowest BCUT2D eigenvalue weighted by Gasteiger charge is -2.50. The average Bonchev–Trinajstić information content (AvgIpc) is 2.32. The summed E-state index contributed by atoms with van der Waals surface area (Å²) in [5.74, 6) is 2.41. The summed E-state index contributed by atoms with van der Waals surface area (Å²) >= 11 is 0. The largest absolute Gasteiger partial charge is 0.316 e. The van der Waals surface area contributed by atoms with Crippen molar-refractivity contribution in [2.75, 3.05) is 13.1 Å². The minimum absolute atomic E-state index is 0.354. The van der Waals surface area contributed by atoms with Crippen molar-refractivity contribution in [3.05, 3.63) is 30.1 Å². The van der Waals surface area contributed by atoms with Crippen LogP contribution in [0.1, 0.15) is 46.1 Å². The maximum atomic E-state index is 4.16. The van der Waals surface area contributed by atoms with Gasteiger partial charge in [0.15, 0.2) is 0 Å². The molecule has 106 valence electrons. The molecule has 0 amide bonds. The Labute approximate surface area is 118 Å². The van der Waals surface area contributed by atoms with Crippen molar-refractivity contribution >= 4 is 0 Å². The van der Waals surface area contributed by atoms with Gasteiger partial charge in [-0.15, -0.1) is 0 Å². The van der Waals surface area contributed by atoms with Crippen molar-refractivity contribution in [1.29, 1.82) is 0 Å². The Balaban J connectivity index is 2.03. The van der Waals surface area contributed by atoms with Gasteiger partial charge in [0.1, 0.15) is 0 Å². The van der Waals surface area contributed by atoms with Gasteiger partial charge in [-0.05, 0) is 54.8 Å². The highest BCUT2D eigenvalue weighted by molar-refractivity contribution is 5.27. The lowest BCUT2D eigenvalue weighted by Crippen LogP contribution is -2.50. The predicted octanol–water partition coefficient (Wildman–Crippen LogP) is 3.63. The molecule has 1 heterocycles. The van der Waals surface area contributed by atoms with E-state index in [1.54, 1.807) is 0 Å². The monoisotopic (exact) mass is 260 g/mol. The summed E-state index contributed by atoms with van der Waals surface area (Å²) in [5.41, 5.74) is 1.82. The van der Waals surface area contributed by atoms with Gasteiger partial charge in [-0.1, -0.05) is 27.7 Å². The van der Waals surface area contributed by atoms with Crippen LogP contribution in [0.2, 0.25) is 0 Å². The molecule has 0 aromatic carbocycles. The highest BCUT2D eigenvalue weighted by atomic mass is 14.9. The van der Waals surface area contributed by atoms with Crippen LogP contribution in [0, 0.1) is 17.8 Å². The quantitative estimate of drug-likeness (QED) is 0.845. The molecule has 2 rings (SSSR count). The Kier molecular flexibility index (Phi) is 4.62. The number of nitrogens with one attached hydrogen (secondary N) is 1. The molecule has 1 aliphatic carbocycles. The van der Waals surface area contributed by atoms with E-state index >= 15 is 0 Å². The van der Waals surface area contributed by atoms with Crippen molar-refractivity contribution in [1.82, 2.24) is 10.3 Å². The van der Waals surface area contributed by atoms with Crippen LogP contribution in [0.15, 0.2) is 24.5 Å². The Morgan fingerprint density at radius 2 is 1.84 bits per heavy atom. The standard InChI is InChI=1S/C17H28N2/c1-13(2)11-19-12-17(9-15(10-17)14(3)4)16-5-7-18-8-6-16/h5-8,13-15,19H,9-12H2,1-4H3. The molecule has 2 nitrogen and oxygen atoms in total. The first kappa shape index (κ1) is 14.5. The molecular weight excluding hydrogens is 232 g/mol. The number of aromatic nitrogens is 1. The van der Waals surface area contributed by atoms with Crippen LogP contribution >= 0.6 is 0 Å². The van der Waals surface area contributed by atoms with E-state index in [0.29, 0.717) is 5.41 Å². The number of rotatable bonds is 6. The third-order valence-electron chi connectivity index (χ3n) is 4.56. The van der Waals surface area contributed by atoms with Crippen LogP contribution in [0.25, 0.3) is 0 Å². The normalized spacial score (nSPS) is 26.7. The van der Waals surface area contributed by atoms with Crippen LogP contribution in [0.3, 0.4) is 0 Å². The first-order valence-corrected chi connectivity index (χ1v) is 7.65. The van der Waals surface area contributed by atoms with Gasteiger partial charge in [0.2, 0.25) is 0 Å². The second-order valence-corrected chi connectivity index (χ2v) is 6.95. The zero-order valence-corrected chi connectivity index (χ0v) is 12.8. The van der Waals surface area contributed by atoms with E-state index in [4.69, 9.17) is 0 Å². The minimum Gasteiger partial charge on any atom is -0.316 e. The smallest absolute Gasteiger partial charge is 0.0270 e. The zero-order valence-electron chi connectivity index (χ0n) is 12.8. The highest BCUT2D eigenvalue weighted by Gasteiger charge is 2.45. The minimum atomic E-state index is 0.354. The molecule has 0 aliphatic heterocycles. The van der Waals surface area contributed by atoms with Gasteiger partial charge >= 0.3 is 0 Å². The summed E-state index contributed by atoms with van der Waals surface area (Å²) in [6.07, 6.45) is 6.50. The lowest BCUT2D eigenvalue weighted by atomic mass is 9.56. The lowest BCUT2D eigenvalue weighted by molar-refractivity contribution is 0.0970. The molecule has 1 aliphatic rings. The second-order valence-electron chi connectivity index (χ2n) is 6.95. The van der Waals surface area contributed by atoms with E-state index in [2.05, 4.69) is 50.1 Å². The van der Waals surface area contributed by atoms with Crippen molar-refractivity contribution in [3.8, 4) is 0 Å². The van der Waals surface area contributed by atoms with E-state index in [0.717, 1.165) is 30.8 Å². The van der Waals surface area contributed by atoms with Crippen molar-refractivity contribution < 1.29 is 0 Å². The summed E-state index contributed by atoms with van der Waals surface area (Å²) in [6.45, 7) is 11.5. The van der Waals surface area contributed by atoms with Gasteiger partial charge < -0.3 is 5.32 Å². The molecular formula is C17H28N2. The van der Waals surface area contributed by atoms with Crippen LogP contribution in [-0.2, 0) is 5.41 Å². The highest BCUT2D eigenvalue weighted by Crippen LogP contribution is 2.50. The number of hydrogen-bond acceptors (Lipinski definition) is 2. The van der Waals surface area contributed by atoms with Crippen LogP contribution in [0.5, 0.6) is 0 Å². The van der Waals surface area contributed by atoms with Crippen molar-refractivity contribution in [2.24, 2.45) is 17.8 Å². The van der Waals surface area contributed by atoms with Crippen molar-refractivity contribution in [3.63, 3.8) is 0 Å². The molecule has 0 spiro atoms. The van der Waals surface area contributed by atoms with E-state index in [9.17, 15) is 0 Å². The number of pyridine rings is 1. The maximum Gasteiger partial charge on any atom is 0.0270 e. The van der Waals surface area contributed by atoms with E-state index in [-0.39, 0.29) is 0 Å². The van der Waals surface area contributed by atoms with E-state index in [1.807, 2.05) is 12.4 Å². The molecule has 0 saturated heterocycles. The van der Waals surface area contributed by atoms with Crippen LogP contribution in [0.4, 0.5) is 0 Å². The average molecular weight is 260 g/mol. The predicted molar refractivity (Wildman–Crippen MR) is 81.2 cm³/mol. The van der Waals surface area contributed by atoms with Gasteiger partial charge in [-0.2, -0.15) is 0 Å². The zero-order chi connectivity index (χ0) is 13.9. The summed E-state index contributed by atoms with van der Waals surface area (Å²) in [7, 11) is 0. The molecule has 19 heavy (non-hydrogen) atoms. The van der Waals surface area contributed by atoms with Gasteiger partial charge in [0.25, 0.3) is 0 Å². The molecule has 1 aromatic heterocycles. The third kappa shape index (κ3) is 3.36. The molecule has 0 radical (unpaired) electrons. The summed E-state index contributed by atoms with van der Waals surface area (Å²) in [5, 5.41) is 3.67. The van der Waals surface area contributed by atoms with Gasteiger partial charge in [0.05, 0.1) is 0 Å². The van der Waals surface area contributed by atoms with Gasteiger partial charge in [-0.25, -0.2) is 0 Å². The Bertz CT molecular complexity index is 378. The van der Waals surface area contributed by atoms with Crippen molar-refractivity contribution in [2.45, 2.75) is 46.0 Å². The fraction of sp³-hybridized carbons (Fsp3) is 0.706. The maximum absolute atomic E-state index is 4.16. The number of hydrogen-bond donors (Lipinski definition) is 1. The summed E-state index contributed by atoms with van der Waals surface area (Å²) in [4.78, 5) is 4.16. The molecule has 1 saturated carbocycles. The Hall–Kier alpha value is -0.890. The van der Waals surface area contributed by atoms with E-state index < -0.39 is 0 Å². The van der Waals surface area contributed by atoms with Gasteiger partial charge in [0, 0.05) is 24.4 Å². The SMILES string of the molecule is CC(C)CNCC1(c2ccncc2)CC(C(C)C)C1. The molecule has 1 N–H and O–H groups in total. The topological polar surface area (TPSA) is 24.9 Å². The molecule has 0 unspecified atom stereocenters. The Morgan fingerprint density at radius 1 is 1.21 bits per heavy atom. The second kappa shape index (κ2) is 6.04. The fourth-order valence-electron chi connectivity index (χ4n) is 3.20. The molecule has 1 aromatic rings. The van der Waals surface area contributed by atoms with Crippen LogP contribution < -0.4 is 5.32 Å². The molecule has 1 fully saturated rings. The first-order valence-electron chi connectivity index (χ1n) is 7.65. The van der Waals surface area contributed by atoms with E-state index in [1.165, 1.54) is 18.4 Å². The first-order chi connectivity index (χ1) is 9.03. The van der Waals surface area contributed by atoms with Gasteiger partial charge in [-0.3, -0.25) is 4.98 Å². The fourth-order valence-corrected chi connectivity index (χ4v) is 3.20. The third-order valence-corrected chi connectivity index (χ3v) is 4.56. The number of nitrogens with zero attached hydrogens (tertiary/aromatic N) is 1. The Morgan fingerprint density at radius 3 is 2.37 bits per heavy atom. The molecule has 0 atom stereocenters. The summed E-state index contributed by atoms with van der Waals surface area (Å²) < 4.78 is 0.